The standard InChI is InChI=1S/C28H44O.C7H8O3S/c1-18(2)19(3)7-8-20(4)24-11-12-25-23-10-9-21-17-22(29)13-15-27(21,5)26(23)14-16-28(24,25)6;1-6-2-4-7(5-3-6)11(8,9)10/h7-10,18-20,22,24-26,29H,11-17H2,1-6H3;2-5H,1H3,(H,8,9,10)/p-1/b8-7+;/t19-,20+,22-,24+,25-,26-,27-,28+;/m0./s1. The normalized spacial score (nSPS) is 35.0. The maximum Gasteiger partial charge on any atom is 0.124 e. The summed E-state index contributed by atoms with van der Waals surface area (Å²) in [5.41, 5.74) is 5.00. The van der Waals surface area contributed by atoms with Crippen LogP contribution in [0.5, 0.6) is 0 Å². The van der Waals surface area contributed by atoms with Crippen molar-refractivity contribution in [3.05, 3.63) is 65.3 Å². The van der Waals surface area contributed by atoms with Crippen molar-refractivity contribution >= 4 is 10.1 Å². The van der Waals surface area contributed by atoms with E-state index in [0.717, 1.165) is 42.1 Å². The smallest absolute Gasteiger partial charge is 0.124 e. The first-order valence-corrected chi connectivity index (χ1v) is 16.9. The van der Waals surface area contributed by atoms with Crippen molar-refractivity contribution in [2.75, 3.05) is 0 Å². The third-order valence-corrected chi connectivity index (χ3v) is 12.2. The van der Waals surface area contributed by atoms with Crippen LogP contribution in [0.15, 0.2) is 64.6 Å². The minimum atomic E-state index is -4.27. The zero-order chi connectivity index (χ0) is 29.5. The summed E-state index contributed by atoms with van der Waals surface area (Å²) in [5, 5.41) is 10.2. The van der Waals surface area contributed by atoms with E-state index in [1.807, 2.05) is 6.92 Å². The Bertz CT molecular complexity index is 1240. The summed E-state index contributed by atoms with van der Waals surface area (Å²) < 4.78 is 31.2. The van der Waals surface area contributed by atoms with Crippen LogP contribution in [0.25, 0.3) is 0 Å². The molecule has 5 heteroatoms. The third-order valence-electron chi connectivity index (χ3n) is 11.3. The molecule has 3 fully saturated rings. The van der Waals surface area contributed by atoms with Gasteiger partial charge in [-0.15, -0.1) is 0 Å². The van der Waals surface area contributed by atoms with E-state index in [2.05, 4.69) is 65.8 Å². The first kappa shape index (κ1) is 31.3. The monoisotopic (exact) mass is 567 g/mol. The fourth-order valence-corrected chi connectivity index (χ4v) is 8.77. The van der Waals surface area contributed by atoms with Crippen molar-refractivity contribution < 1.29 is 18.1 Å². The summed E-state index contributed by atoms with van der Waals surface area (Å²) in [6.45, 7) is 16.4. The van der Waals surface area contributed by atoms with Crippen LogP contribution in [-0.4, -0.2) is 24.2 Å². The van der Waals surface area contributed by atoms with Gasteiger partial charge < -0.3 is 9.66 Å². The Morgan fingerprint density at radius 2 is 1.60 bits per heavy atom. The minimum absolute atomic E-state index is 0.116. The highest BCUT2D eigenvalue weighted by Crippen LogP contribution is 2.66. The number of allylic oxidation sites excluding steroid dienone is 5. The molecule has 4 aliphatic rings. The van der Waals surface area contributed by atoms with Crippen LogP contribution < -0.4 is 0 Å². The molecule has 0 saturated heterocycles. The van der Waals surface area contributed by atoms with E-state index < -0.39 is 10.1 Å². The Kier molecular flexibility index (Phi) is 9.29. The number of rotatable bonds is 5. The molecular weight excluding hydrogens is 516 g/mol. The van der Waals surface area contributed by atoms with E-state index in [4.69, 9.17) is 0 Å². The molecule has 4 nitrogen and oxygen atoms in total. The van der Waals surface area contributed by atoms with Crippen LogP contribution in [-0.2, 0) is 10.1 Å². The number of aryl methyl sites for hydroxylation is 1. The van der Waals surface area contributed by atoms with Gasteiger partial charge in [-0.05, 0) is 110 Å². The molecule has 0 aliphatic heterocycles. The molecule has 0 bridgehead atoms. The highest BCUT2D eigenvalue weighted by atomic mass is 32.2. The molecule has 0 spiro atoms. The Morgan fingerprint density at radius 1 is 0.925 bits per heavy atom. The van der Waals surface area contributed by atoms with Crippen LogP contribution in [0.4, 0.5) is 0 Å². The first-order chi connectivity index (χ1) is 18.7. The minimum Gasteiger partial charge on any atom is -0.744 e. The van der Waals surface area contributed by atoms with Gasteiger partial charge in [-0.2, -0.15) is 0 Å². The molecule has 0 aromatic heterocycles. The van der Waals surface area contributed by atoms with Gasteiger partial charge in [0.25, 0.3) is 0 Å². The van der Waals surface area contributed by atoms with Crippen molar-refractivity contribution in [2.45, 2.75) is 104 Å². The molecule has 0 unspecified atom stereocenters. The summed E-state index contributed by atoms with van der Waals surface area (Å²) in [5.74, 6) is 4.38. The highest BCUT2D eigenvalue weighted by molar-refractivity contribution is 7.85. The zero-order valence-corrected chi connectivity index (χ0v) is 26.5. The van der Waals surface area contributed by atoms with Crippen LogP contribution in [0, 0.1) is 53.3 Å². The van der Waals surface area contributed by atoms with Gasteiger partial charge in [0.15, 0.2) is 0 Å². The molecule has 8 atom stereocenters. The second-order valence-corrected chi connectivity index (χ2v) is 15.5. The largest absolute Gasteiger partial charge is 0.744 e. The van der Waals surface area contributed by atoms with E-state index in [1.54, 1.807) is 17.7 Å². The van der Waals surface area contributed by atoms with E-state index in [1.165, 1.54) is 49.8 Å². The molecule has 0 radical (unpaired) electrons. The van der Waals surface area contributed by atoms with Crippen LogP contribution in [0.1, 0.15) is 92.1 Å². The Hall–Kier alpha value is -1.69. The van der Waals surface area contributed by atoms with Crippen LogP contribution in [0.3, 0.4) is 0 Å². The van der Waals surface area contributed by atoms with Gasteiger partial charge in [0.1, 0.15) is 10.1 Å². The quantitative estimate of drug-likeness (QED) is 0.287. The van der Waals surface area contributed by atoms with Crippen molar-refractivity contribution in [1.29, 1.82) is 0 Å². The molecule has 5 rings (SSSR count). The SMILES string of the molecule is CC(C)[C@@H](C)/C=C/[C@@H](C)[C@H]1CC[C@H]2C3=CC=C4C[C@@H](O)CC[C@]4(C)[C@H]3CC[C@]12C.Cc1ccc(S(=O)(=O)[O-])cc1. The van der Waals surface area contributed by atoms with Gasteiger partial charge in [0.2, 0.25) is 0 Å². The van der Waals surface area contributed by atoms with E-state index in [-0.39, 0.29) is 11.0 Å². The second kappa shape index (κ2) is 11.9. The summed E-state index contributed by atoms with van der Waals surface area (Å²) >= 11 is 0. The van der Waals surface area contributed by atoms with E-state index in [9.17, 15) is 18.1 Å². The van der Waals surface area contributed by atoms with Crippen LogP contribution >= 0.6 is 0 Å². The fourth-order valence-electron chi connectivity index (χ4n) is 8.30. The number of fused-ring (bicyclic) bond motifs is 5. The Labute approximate surface area is 243 Å². The zero-order valence-electron chi connectivity index (χ0n) is 25.7. The highest BCUT2D eigenvalue weighted by Gasteiger charge is 2.56. The number of hydrogen-bond acceptors (Lipinski definition) is 4. The van der Waals surface area contributed by atoms with Crippen molar-refractivity contribution in [1.82, 2.24) is 0 Å². The molecule has 1 N–H and O–H groups in total. The molecule has 40 heavy (non-hydrogen) atoms. The van der Waals surface area contributed by atoms with E-state index in [0.29, 0.717) is 22.7 Å². The van der Waals surface area contributed by atoms with Gasteiger partial charge in [-0.3, -0.25) is 0 Å². The molecular formula is C35H51O4S-. The molecule has 1 aromatic carbocycles. The summed E-state index contributed by atoms with van der Waals surface area (Å²) in [6.07, 6.45) is 18.4. The van der Waals surface area contributed by atoms with Gasteiger partial charge >= 0.3 is 0 Å². The first-order valence-electron chi connectivity index (χ1n) is 15.5. The molecule has 222 valence electrons. The van der Waals surface area contributed by atoms with Crippen molar-refractivity contribution in [3.8, 4) is 0 Å². The molecule has 4 aliphatic carbocycles. The number of benzene rings is 1. The van der Waals surface area contributed by atoms with E-state index >= 15 is 0 Å². The van der Waals surface area contributed by atoms with Crippen molar-refractivity contribution in [2.24, 2.45) is 46.3 Å². The third kappa shape index (κ3) is 6.22. The average Bonchev–Trinajstić information content (AvgIpc) is 3.25. The molecule has 1 aromatic rings. The maximum atomic E-state index is 10.4. The topological polar surface area (TPSA) is 77.4 Å². The summed E-state index contributed by atoms with van der Waals surface area (Å²) in [4.78, 5) is -0.178. The van der Waals surface area contributed by atoms with Gasteiger partial charge in [-0.1, -0.05) is 94.7 Å². The number of aliphatic hydroxyl groups excluding tert-OH is 1. The lowest BCUT2D eigenvalue weighted by Crippen LogP contribution is -2.46. The second-order valence-electron chi connectivity index (χ2n) is 14.1. The number of aliphatic hydroxyl groups is 1. The number of hydrogen-bond donors (Lipinski definition) is 1. The predicted molar refractivity (Wildman–Crippen MR) is 163 cm³/mol. The lowest BCUT2D eigenvalue weighted by molar-refractivity contribution is 0.0382. The van der Waals surface area contributed by atoms with Crippen LogP contribution in [0.2, 0.25) is 0 Å². The molecule has 0 heterocycles. The maximum absolute atomic E-state index is 10.4. The summed E-state index contributed by atoms with van der Waals surface area (Å²) in [6, 6.07) is 5.78. The van der Waals surface area contributed by atoms with Gasteiger partial charge in [-0.25, -0.2) is 8.42 Å². The lowest BCUT2D eigenvalue weighted by Gasteiger charge is -2.55. The fraction of sp³-hybridized carbons (Fsp3) is 0.657. The van der Waals surface area contributed by atoms with Gasteiger partial charge in [0.05, 0.1) is 11.0 Å². The Balaban J connectivity index is 0.000000283. The Morgan fingerprint density at radius 3 is 2.23 bits per heavy atom. The molecule has 0 amide bonds. The predicted octanol–water partition coefficient (Wildman–Crippen LogP) is 8.23. The van der Waals surface area contributed by atoms with Crippen molar-refractivity contribution in [3.63, 3.8) is 0 Å². The molecule has 3 saturated carbocycles. The average molecular weight is 568 g/mol. The lowest BCUT2D eigenvalue weighted by atomic mass is 9.50. The summed E-state index contributed by atoms with van der Waals surface area (Å²) in [7, 11) is -4.27. The van der Waals surface area contributed by atoms with Gasteiger partial charge in [0, 0.05) is 0 Å².